The van der Waals surface area contributed by atoms with Gasteiger partial charge in [-0.15, -0.1) is 0 Å². The third kappa shape index (κ3) is 2.39. The smallest absolute Gasteiger partial charge is 0.225 e. The summed E-state index contributed by atoms with van der Waals surface area (Å²) in [5.41, 5.74) is 7.83. The maximum Gasteiger partial charge on any atom is 0.225 e. The van der Waals surface area contributed by atoms with E-state index in [0.717, 1.165) is 0 Å². The molecule has 5 N–H and O–H groups in total. The molecule has 7 nitrogen and oxygen atoms in total. The van der Waals surface area contributed by atoms with Crippen LogP contribution in [0.3, 0.4) is 0 Å². The Bertz CT molecular complexity index is 457. The first-order valence-corrected chi connectivity index (χ1v) is 4.54. The largest absolute Gasteiger partial charge is 0.469 e. The van der Waals surface area contributed by atoms with Crippen molar-refractivity contribution in [1.82, 2.24) is 9.97 Å². The average molecular weight is 221 g/mol. The van der Waals surface area contributed by atoms with Crippen LogP contribution in [0.2, 0.25) is 0 Å². The lowest BCUT2D eigenvalue weighted by molar-refractivity contribution is 0.261. The Labute approximate surface area is 91.4 Å². The third-order valence-electron chi connectivity index (χ3n) is 1.81. The number of anilines is 2. The number of ether oxygens (including phenoxy) is 1. The first-order chi connectivity index (χ1) is 7.78. The average Bonchev–Trinajstić information content (AvgIpc) is 2.78. The summed E-state index contributed by atoms with van der Waals surface area (Å²) in [4.78, 5) is 7.71. The van der Waals surface area contributed by atoms with Crippen LogP contribution in [0.1, 0.15) is 5.76 Å². The summed E-state index contributed by atoms with van der Waals surface area (Å²) in [5.74, 6) is 6.71. The molecule has 0 unspecified atom stereocenters. The van der Waals surface area contributed by atoms with Gasteiger partial charge in [0.15, 0.2) is 0 Å². The summed E-state index contributed by atoms with van der Waals surface area (Å²) in [6.07, 6.45) is 1.57. The second-order valence-corrected chi connectivity index (χ2v) is 2.96. The molecular weight excluding hydrogens is 210 g/mol. The minimum Gasteiger partial charge on any atom is -0.469 e. The highest BCUT2D eigenvalue weighted by molar-refractivity contribution is 5.41. The fourth-order valence-electron chi connectivity index (χ4n) is 1.13. The number of nitrogen functional groups attached to an aromatic ring is 2. The molecule has 0 aromatic carbocycles. The summed E-state index contributed by atoms with van der Waals surface area (Å²) in [6.45, 7) is 0.271. The first-order valence-electron chi connectivity index (χ1n) is 4.54. The zero-order chi connectivity index (χ0) is 11.4. The van der Waals surface area contributed by atoms with Crippen LogP contribution in [0.15, 0.2) is 28.9 Å². The number of hydrazine groups is 1. The fraction of sp³-hybridized carbons (Fsp3) is 0.111. The summed E-state index contributed by atoms with van der Waals surface area (Å²) in [7, 11) is 0. The second kappa shape index (κ2) is 4.49. The molecule has 2 rings (SSSR count). The van der Waals surface area contributed by atoms with E-state index in [1.807, 2.05) is 0 Å². The topological polar surface area (TPSA) is 112 Å². The summed E-state index contributed by atoms with van der Waals surface area (Å²) >= 11 is 0. The van der Waals surface area contributed by atoms with E-state index in [2.05, 4.69) is 15.4 Å². The van der Waals surface area contributed by atoms with Crippen molar-refractivity contribution in [3.63, 3.8) is 0 Å². The monoisotopic (exact) mass is 221 g/mol. The van der Waals surface area contributed by atoms with E-state index in [1.165, 1.54) is 0 Å². The normalized spacial score (nSPS) is 10.1. The Kier molecular flexibility index (Phi) is 2.88. The van der Waals surface area contributed by atoms with Crippen LogP contribution in [0.25, 0.3) is 0 Å². The molecule has 16 heavy (non-hydrogen) atoms. The molecule has 2 aromatic rings. The van der Waals surface area contributed by atoms with Crippen molar-refractivity contribution in [2.24, 2.45) is 5.84 Å². The number of hydrogen-bond donors (Lipinski definition) is 3. The van der Waals surface area contributed by atoms with Gasteiger partial charge in [0.25, 0.3) is 0 Å². The predicted molar refractivity (Wildman–Crippen MR) is 57.3 cm³/mol. The van der Waals surface area contributed by atoms with E-state index in [1.54, 1.807) is 24.5 Å². The quantitative estimate of drug-likeness (QED) is 0.509. The van der Waals surface area contributed by atoms with Crippen molar-refractivity contribution in [2.45, 2.75) is 6.61 Å². The molecule has 2 heterocycles. The number of nitrogens with zero attached hydrogens (tertiary/aromatic N) is 2. The van der Waals surface area contributed by atoms with Gasteiger partial charge in [0, 0.05) is 6.07 Å². The first kappa shape index (κ1) is 10.2. The highest BCUT2D eigenvalue weighted by Crippen LogP contribution is 2.15. The molecule has 0 fully saturated rings. The predicted octanol–water partition coefficient (Wildman–Crippen LogP) is 0.516. The van der Waals surface area contributed by atoms with Crippen LogP contribution in [0.5, 0.6) is 5.88 Å². The number of nitrogens with one attached hydrogen (secondary N) is 1. The molecule has 0 aliphatic heterocycles. The van der Waals surface area contributed by atoms with Crippen LogP contribution >= 0.6 is 0 Å². The standard InChI is InChI=1S/C9H11N5O2/c10-9-12-7(14-11)4-8(13-9)16-5-6-2-1-3-15-6/h1-4H,5,11H2,(H3,10,12,13,14). The van der Waals surface area contributed by atoms with Gasteiger partial charge in [0.05, 0.1) is 6.26 Å². The maximum atomic E-state index is 5.46. The van der Waals surface area contributed by atoms with Crippen molar-refractivity contribution in [3.8, 4) is 5.88 Å². The lowest BCUT2D eigenvalue weighted by Crippen LogP contribution is -2.11. The molecule has 0 atom stereocenters. The molecule has 7 heteroatoms. The number of rotatable bonds is 4. The Morgan fingerprint density at radius 3 is 3.00 bits per heavy atom. The number of nitrogens with two attached hydrogens (primary N) is 2. The zero-order valence-electron chi connectivity index (χ0n) is 8.38. The fourth-order valence-corrected chi connectivity index (χ4v) is 1.13. The Balaban J connectivity index is 2.06. The van der Waals surface area contributed by atoms with Gasteiger partial charge >= 0.3 is 0 Å². The third-order valence-corrected chi connectivity index (χ3v) is 1.81. The van der Waals surface area contributed by atoms with E-state index >= 15 is 0 Å². The van der Waals surface area contributed by atoms with Gasteiger partial charge in [-0.3, -0.25) is 0 Å². The molecule has 0 aliphatic carbocycles. The van der Waals surface area contributed by atoms with Gasteiger partial charge in [0.2, 0.25) is 11.8 Å². The Morgan fingerprint density at radius 2 is 2.31 bits per heavy atom. The number of furan rings is 1. The van der Waals surface area contributed by atoms with Gasteiger partial charge in [-0.25, -0.2) is 5.84 Å². The van der Waals surface area contributed by atoms with Crippen molar-refractivity contribution < 1.29 is 9.15 Å². The van der Waals surface area contributed by atoms with Crippen LogP contribution in [-0.4, -0.2) is 9.97 Å². The SMILES string of the molecule is NNc1cc(OCc2ccco2)nc(N)n1. The van der Waals surface area contributed by atoms with Crippen LogP contribution in [0, 0.1) is 0 Å². The molecule has 0 saturated carbocycles. The molecule has 2 aromatic heterocycles. The lowest BCUT2D eigenvalue weighted by atomic mass is 10.5. The maximum absolute atomic E-state index is 5.46. The number of hydrogen-bond acceptors (Lipinski definition) is 7. The van der Waals surface area contributed by atoms with Crippen LogP contribution in [-0.2, 0) is 6.61 Å². The molecular formula is C9H11N5O2. The molecule has 0 bridgehead atoms. The van der Waals surface area contributed by atoms with Gasteiger partial charge in [-0.05, 0) is 12.1 Å². The van der Waals surface area contributed by atoms with Crippen LogP contribution < -0.4 is 21.7 Å². The second-order valence-electron chi connectivity index (χ2n) is 2.96. The van der Waals surface area contributed by atoms with E-state index in [-0.39, 0.29) is 12.6 Å². The summed E-state index contributed by atoms with van der Waals surface area (Å²) in [5, 5.41) is 0. The van der Waals surface area contributed by atoms with Crippen molar-refractivity contribution in [3.05, 3.63) is 30.2 Å². The Hall–Kier alpha value is -2.28. The molecule has 0 radical (unpaired) electrons. The van der Waals surface area contributed by atoms with Crippen molar-refractivity contribution in [2.75, 3.05) is 11.2 Å². The highest BCUT2D eigenvalue weighted by Gasteiger charge is 2.03. The highest BCUT2D eigenvalue weighted by atomic mass is 16.5. The van der Waals surface area contributed by atoms with Gasteiger partial charge in [-0.2, -0.15) is 9.97 Å². The molecule has 0 spiro atoms. The molecule has 0 saturated heterocycles. The molecule has 0 amide bonds. The summed E-state index contributed by atoms with van der Waals surface area (Å²) in [6, 6.07) is 5.12. The summed E-state index contributed by atoms with van der Waals surface area (Å²) < 4.78 is 10.5. The van der Waals surface area contributed by atoms with Crippen molar-refractivity contribution in [1.29, 1.82) is 0 Å². The molecule has 84 valence electrons. The minimum absolute atomic E-state index is 0.0879. The Morgan fingerprint density at radius 1 is 1.44 bits per heavy atom. The van der Waals surface area contributed by atoms with Gasteiger partial charge in [-0.1, -0.05) is 0 Å². The van der Waals surface area contributed by atoms with E-state index in [0.29, 0.717) is 17.5 Å². The van der Waals surface area contributed by atoms with Gasteiger partial charge in [0.1, 0.15) is 18.2 Å². The van der Waals surface area contributed by atoms with E-state index in [9.17, 15) is 0 Å². The van der Waals surface area contributed by atoms with E-state index < -0.39 is 0 Å². The molecule has 0 aliphatic rings. The number of aromatic nitrogens is 2. The van der Waals surface area contributed by atoms with Crippen LogP contribution in [0.4, 0.5) is 11.8 Å². The van der Waals surface area contributed by atoms with Gasteiger partial charge < -0.3 is 20.3 Å². The minimum atomic E-state index is 0.0879. The zero-order valence-corrected chi connectivity index (χ0v) is 8.38. The van der Waals surface area contributed by atoms with Crippen molar-refractivity contribution >= 4 is 11.8 Å². The lowest BCUT2D eigenvalue weighted by Gasteiger charge is -2.05. The van der Waals surface area contributed by atoms with E-state index in [4.69, 9.17) is 20.7 Å².